The number of phenolic OH excluding ortho intramolecular Hbond substituents is 1. The molecule has 5 N–H and O–H groups in total. The number of aliphatic hydroxyl groups is 1. The molecule has 1 aliphatic carbocycles. The zero-order chi connectivity index (χ0) is 37.9. The first-order valence-electron chi connectivity index (χ1n) is 19.9. The van der Waals surface area contributed by atoms with Crippen molar-refractivity contribution >= 4 is 45.5 Å². The van der Waals surface area contributed by atoms with E-state index in [1.54, 1.807) is 21.6 Å². The van der Waals surface area contributed by atoms with Crippen LogP contribution in [0.25, 0.3) is 6.08 Å². The highest BCUT2D eigenvalue weighted by Gasteiger charge is 2.43. The smallest absolute Gasteiger partial charge is 0.302 e. The Kier molecular flexibility index (Phi) is 14.6. The lowest BCUT2D eigenvalue weighted by Gasteiger charge is -2.30. The van der Waals surface area contributed by atoms with Crippen LogP contribution in [0.15, 0.2) is 47.5 Å². The number of carbonyl (C=O) groups is 2. The summed E-state index contributed by atoms with van der Waals surface area (Å²) in [5.74, 6) is 2.53. The van der Waals surface area contributed by atoms with Gasteiger partial charge in [0.2, 0.25) is 5.91 Å². The molecule has 2 aromatic carbocycles. The number of fused-ring (bicyclic) bond motifs is 7. The summed E-state index contributed by atoms with van der Waals surface area (Å²) < 4.78 is 12.4. The molecule has 54 heavy (non-hydrogen) atoms. The van der Waals surface area contributed by atoms with Crippen LogP contribution in [0, 0.1) is 11.3 Å². The van der Waals surface area contributed by atoms with E-state index < -0.39 is 12.2 Å². The Morgan fingerprint density at radius 1 is 1.09 bits per heavy atom. The fraction of sp³-hybridized carbons (Fsp3) is 0.595. The number of hydrogen-bond donors (Lipinski definition) is 4. The number of hydrogen-bond acceptors (Lipinski definition) is 11. The largest absolute Gasteiger partial charge is 0.504 e. The summed E-state index contributed by atoms with van der Waals surface area (Å²) in [6, 6.07) is 12.3. The first-order chi connectivity index (χ1) is 26.2. The number of nitrogens with two attached hydrogens (primary N) is 1. The van der Waals surface area contributed by atoms with Crippen LogP contribution in [0.1, 0.15) is 106 Å². The van der Waals surface area contributed by atoms with Crippen molar-refractivity contribution in [1.82, 2.24) is 10.2 Å². The van der Waals surface area contributed by atoms with Gasteiger partial charge in [0, 0.05) is 67.6 Å². The molecule has 2 fully saturated rings. The number of guanidine groups is 1. The number of aromatic hydroxyl groups is 1. The molecular weight excluding hydrogens is 721 g/mol. The van der Waals surface area contributed by atoms with Gasteiger partial charge in [-0.15, -0.1) is 0 Å². The van der Waals surface area contributed by atoms with Crippen LogP contribution in [0.5, 0.6) is 11.5 Å². The molecule has 10 nitrogen and oxygen atoms in total. The maximum absolute atomic E-state index is 13.9. The van der Waals surface area contributed by atoms with Crippen molar-refractivity contribution in [3.63, 3.8) is 0 Å². The molecule has 12 heteroatoms. The third-order valence-corrected chi connectivity index (χ3v) is 13.6. The Morgan fingerprint density at radius 3 is 2.76 bits per heavy atom. The normalized spacial score (nSPS) is 27.8. The van der Waals surface area contributed by atoms with Crippen LogP contribution in [-0.4, -0.2) is 76.0 Å². The number of ether oxygens (including phenoxy) is 2. The first kappa shape index (κ1) is 40.3. The van der Waals surface area contributed by atoms with E-state index in [9.17, 15) is 19.8 Å². The van der Waals surface area contributed by atoms with Crippen molar-refractivity contribution in [3.8, 4) is 11.5 Å². The number of nitrogens with one attached hydrogen (secondary N) is 1. The number of nitrogens with zero attached hydrogens (tertiary/aromatic N) is 2. The summed E-state index contributed by atoms with van der Waals surface area (Å²) in [5.41, 5.74) is 9.57. The second kappa shape index (κ2) is 19.5. The third kappa shape index (κ3) is 11.1. The van der Waals surface area contributed by atoms with Crippen molar-refractivity contribution in [2.45, 2.75) is 122 Å². The van der Waals surface area contributed by atoms with Gasteiger partial charge >= 0.3 is 5.97 Å². The fourth-order valence-corrected chi connectivity index (χ4v) is 10.4. The van der Waals surface area contributed by atoms with Crippen LogP contribution in [0.4, 0.5) is 0 Å². The molecule has 0 aromatic heterocycles. The minimum absolute atomic E-state index is 0.0118. The second-order valence-corrected chi connectivity index (χ2v) is 18.2. The molecule has 294 valence electrons. The highest BCUT2D eigenvalue weighted by molar-refractivity contribution is 8.76. The highest BCUT2D eigenvalue weighted by atomic mass is 33.1. The molecule has 4 aliphatic rings. The number of benzene rings is 2. The van der Waals surface area contributed by atoms with E-state index in [0.717, 1.165) is 74.7 Å². The topological polar surface area (TPSA) is 147 Å². The Bertz CT molecular complexity index is 1640. The molecule has 3 aliphatic heterocycles. The van der Waals surface area contributed by atoms with Crippen molar-refractivity contribution < 1.29 is 29.3 Å². The van der Waals surface area contributed by atoms with Gasteiger partial charge in [0.15, 0.2) is 17.5 Å². The molecule has 6 rings (SSSR count). The van der Waals surface area contributed by atoms with E-state index in [1.807, 2.05) is 29.2 Å². The number of esters is 1. The average Bonchev–Trinajstić information content (AvgIpc) is 3.65. The predicted molar refractivity (Wildman–Crippen MR) is 218 cm³/mol. The zero-order valence-corrected chi connectivity index (χ0v) is 33.3. The van der Waals surface area contributed by atoms with Gasteiger partial charge in [0.1, 0.15) is 12.2 Å². The van der Waals surface area contributed by atoms with E-state index in [1.165, 1.54) is 12.5 Å². The number of amides is 1. The van der Waals surface area contributed by atoms with Crippen LogP contribution in [-0.2, 0) is 33.7 Å². The molecule has 1 saturated heterocycles. The Morgan fingerprint density at radius 2 is 1.93 bits per heavy atom. The molecule has 3 heterocycles. The van der Waals surface area contributed by atoms with Crippen molar-refractivity contribution in [2.24, 2.45) is 22.1 Å². The highest BCUT2D eigenvalue weighted by Crippen LogP contribution is 2.46. The van der Waals surface area contributed by atoms with E-state index in [0.29, 0.717) is 68.3 Å². The maximum Gasteiger partial charge on any atom is 0.302 e. The average molecular weight is 779 g/mol. The Hall–Kier alpha value is -3.35. The second-order valence-electron chi connectivity index (χ2n) is 15.6. The van der Waals surface area contributed by atoms with Crippen molar-refractivity contribution in [3.05, 3.63) is 64.7 Å². The quantitative estimate of drug-likeness (QED) is 0.187. The summed E-state index contributed by atoms with van der Waals surface area (Å²) in [4.78, 5) is 32.5. The summed E-state index contributed by atoms with van der Waals surface area (Å²) in [7, 11) is 3.49. The van der Waals surface area contributed by atoms with E-state index >= 15 is 0 Å². The van der Waals surface area contributed by atoms with Gasteiger partial charge < -0.3 is 35.6 Å². The molecule has 1 saturated carbocycles. The lowest BCUT2D eigenvalue weighted by Crippen LogP contribution is -2.37. The summed E-state index contributed by atoms with van der Waals surface area (Å²) in [5, 5.41) is 26.2. The molecule has 0 radical (unpaired) electrons. The lowest BCUT2D eigenvalue weighted by atomic mass is 9.77. The summed E-state index contributed by atoms with van der Waals surface area (Å²) in [6.45, 7) is 2.80. The molecule has 0 spiro atoms. The standard InChI is InChI=1S/C42H58N4O6S2/c1-29(47)51-35-17-15-32-22-33(39(50)40-36(32)18-16-31-12-9-14-37(31)52-40)26-46-27-42(25-38(46)49,24-30-10-5-4-6-11-30)19-20-44-41(43)45-28-54-53-21-8-3-2-7-13-34(48)23-35/h4-6,10-11,16,18,22,31,34-35,37,48,50H,2-3,7-9,12-15,17,19-21,23-28H2,1H3,(H3,43,44,45)/t31-,34+,35-,37-,42-/m1/s1. The monoisotopic (exact) mass is 778 g/mol. The fourth-order valence-electron chi connectivity index (χ4n) is 8.63. The van der Waals surface area contributed by atoms with E-state index in [-0.39, 0.29) is 41.6 Å². The van der Waals surface area contributed by atoms with Crippen LogP contribution in [0.3, 0.4) is 0 Å². The number of phenols is 1. The third-order valence-electron chi connectivity index (χ3n) is 11.4. The van der Waals surface area contributed by atoms with Gasteiger partial charge in [-0.25, -0.2) is 4.99 Å². The predicted octanol–water partition coefficient (Wildman–Crippen LogP) is 7.14. The summed E-state index contributed by atoms with van der Waals surface area (Å²) in [6.07, 6.45) is 14.4. The van der Waals surface area contributed by atoms with Crippen molar-refractivity contribution in [2.75, 3.05) is 24.7 Å². The lowest BCUT2D eigenvalue weighted by molar-refractivity contribution is -0.148. The molecule has 1 amide bonds. The number of aliphatic imine (C=N–C) groups is 1. The first-order valence-corrected chi connectivity index (χ1v) is 22.3. The van der Waals surface area contributed by atoms with Gasteiger partial charge in [-0.1, -0.05) is 83.3 Å². The number of aryl methyl sites for hydroxylation is 1. The number of carbonyl (C=O) groups excluding carboxylic acids is 2. The van der Waals surface area contributed by atoms with Gasteiger partial charge in [0.05, 0.1) is 12.0 Å². The van der Waals surface area contributed by atoms with Crippen LogP contribution < -0.4 is 15.8 Å². The number of rotatable bonds is 3. The van der Waals surface area contributed by atoms with Gasteiger partial charge in [-0.3, -0.25) is 9.59 Å². The van der Waals surface area contributed by atoms with Crippen LogP contribution in [0.2, 0.25) is 0 Å². The van der Waals surface area contributed by atoms with E-state index in [4.69, 9.17) is 15.2 Å². The number of aliphatic hydroxyl groups excluding tert-OH is 1. The van der Waals surface area contributed by atoms with Gasteiger partial charge in [0.25, 0.3) is 0 Å². The van der Waals surface area contributed by atoms with Gasteiger partial charge in [-0.05, 0) is 75.0 Å². The molecule has 4 bridgehead atoms. The van der Waals surface area contributed by atoms with Gasteiger partial charge in [-0.2, -0.15) is 0 Å². The Labute approximate surface area is 328 Å². The minimum atomic E-state index is -0.567. The van der Waals surface area contributed by atoms with E-state index in [2.05, 4.69) is 34.6 Å². The molecule has 5 atom stereocenters. The summed E-state index contributed by atoms with van der Waals surface area (Å²) >= 11 is 0. The van der Waals surface area contributed by atoms with Crippen LogP contribution >= 0.6 is 21.6 Å². The zero-order valence-electron chi connectivity index (χ0n) is 31.7. The minimum Gasteiger partial charge on any atom is -0.504 e. The van der Waals surface area contributed by atoms with Crippen molar-refractivity contribution in [1.29, 1.82) is 0 Å². The SMILES string of the molecule is CC(=O)O[C@@H]1CCc2cc(c(O)c3c2C=C[C@H]2CCC[C@H]2O3)CN2C[C@@](Cc3ccccc3)(CCNC(N)=NCSSCCCCCC[C@H](O)C1)CC2=O. The Balaban J connectivity index is 1.29. The molecule has 2 aromatic rings. The molecule has 0 unspecified atom stereocenters. The molecular formula is C42H58N4O6S2. The maximum atomic E-state index is 13.9.